The molecule has 1 heterocycles. The molecule has 1 aromatic heterocycles. The second-order valence-electron chi connectivity index (χ2n) is 6.67. The lowest BCUT2D eigenvalue weighted by Crippen LogP contribution is -1.93. The molecule has 0 unspecified atom stereocenters. The summed E-state index contributed by atoms with van der Waals surface area (Å²) in [4.78, 5) is 4.70. The average Bonchev–Trinajstić information content (AvgIpc) is 3.15. The zero-order chi connectivity index (χ0) is 15.6. The maximum Gasteiger partial charge on any atom is 0.0780 e. The number of rotatable bonds is 3. The number of benzene rings is 2. The fraction of sp³-hybridized carbons (Fsp3) is 0.318. The van der Waals surface area contributed by atoms with E-state index < -0.39 is 0 Å². The van der Waals surface area contributed by atoms with E-state index in [1.54, 1.807) is 0 Å². The molecule has 1 aliphatic rings. The minimum absolute atomic E-state index is 0.745. The summed E-state index contributed by atoms with van der Waals surface area (Å²) in [6, 6.07) is 18.0. The molecule has 0 N–H and O–H groups in total. The van der Waals surface area contributed by atoms with Crippen LogP contribution < -0.4 is 0 Å². The molecule has 0 saturated heterocycles. The van der Waals surface area contributed by atoms with Gasteiger partial charge in [0.15, 0.2) is 0 Å². The third-order valence-electron chi connectivity index (χ3n) is 5.25. The number of aryl methyl sites for hydroxylation is 1. The Labute approximate surface area is 138 Å². The third kappa shape index (κ3) is 2.76. The van der Waals surface area contributed by atoms with Gasteiger partial charge in [0.25, 0.3) is 0 Å². The second-order valence-corrected chi connectivity index (χ2v) is 6.67. The molecule has 1 saturated carbocycles. The van der Waals surface area contributed by atoms with E-state index in [4.69, 9.17) is 4.98 Å². The molecule has 1 aliphatic carbocycles. The molecular weight excluding hydrogens is 278 g/mol. The van der Waals surface area contributed by atoms with Gasteiger partial charge in [0.1, 0.15) is 0 Å². The van der Waals surface area contributed by atoms with Gasteiger partial charge in [-0.1, -0.05) is 56.2 Å². The molecule has 0 bridgehead atoms. The minimum atomic E-state index is 0.745. The second kappa shape index (κ2) is 6.16. The van der Waals surface area contributed by atoms with Crippen LogP contribution in [0.25, 0.3) is 22.0 Å². The Balaban J connectivity index is 1.82. The summed E-state index contributed by atoms with van der Waals surface area (Å²) >= 11 is 0. The molecule has 1 fully saturated rings. The normalized spacial score (nSPS) is 15.3. The van der Waals surface area contributed by atoms with Crippen LogP contribution in [0.5, 0.6) is 0 Å². The zero-order valence-corrected chi connectivity index (χ0v) is 13.8. The Morgan fingerprint density at radius 3 is 2.48 bits per heavy atom. The first-order valence-corrected chi connectivity index (χ1v) is 8.83. The standard InChI is InChI=1S/C22H23N/c1-2-16-7-9-19(10-8-16)22-21-15-20(17-5-3-4-6-17)12-11-18(21)13-14-23-22/h7-15,17H,2-6H2,1H3. The highest BCUT2D eigenvalue weighted by Crippen LogP contribution is 2.36. The van der Waals surface area contributed by atoms with Gasteiger partial charge in [-0.05, 0) is 53.8 Å². The first kappa shape index (κ1) is 14.4. The zero-order valence-electron chi connectivity index (χ0n) is 13.8. The van der Waals surface area contributed by atoms with E-state index in [-0.39, 0.29) is 0 Å². The molecule has 1 nitrogen and oxygen atoms in total. The molecule has 3 aromatic rings. The van der Waals surface area contributed by atoms with Crippen LogP contribution >= 0.6 is 0 Å². The third-order valence-corrected chi connectivity index (χ3v) is 5.25. The van der Waals surface area contributed by atoms with Gasteiger partial charge >= 0.3 is 0 Å². The predicted octanol–water partition coefficient (Wildman–Crippen LogP) is 6.12. The molecule has 0 radical (unpaired) electrons. The van der Waals surface area contributed by atoms with Gasteiger partial charge < -0.3 is 0 Å². The lowest BCUT2D eigenvalue weighted by Gasteiger charge is -2.12. The summed E-state index contributed by atoms with van der Waals surface area (Å²) in [6.45, 7) is 2.19. The molecule has 23 heavy (non-hydrogen) atoms. The van der Waals surface area contributed by atoms with Gasteiger partial charge in [-0.25, -0.2) is 0 Å². The van der Waals surface area contributed by atoms with E-state index in [0.29, 0.717) is 0 Å². The van der Waals surface area contributed by atoms with E-state index in [1.165, 1.54) is 53.1 Å². The van der Waals surface area contributed by atoms with Crippen molar-refractivity contribution in [3.8, 4) is 11.3 Å². The monoisotopic (exact) mass is 301 g/mol. The van der Waals surface area contributed by atoms with E-state index in [0.717, 1.165) is 18.0 Å². The molecule has 0 spiro atoms. The average molecular weight is 301 g/mol. The van der Waals surface area contributed by atoms with Crippen molar-refractivity contribution in [2.75, 3.05) is 0 Å². The minimum Gasteiger partial charge on any atom is -0.256 e. The van der Waals surface area contributed by atoms with Crippen molar-refractivity contribution < 1.29 is 0 Å². The molecule has 1 heteroatoms. The van der Waals surface area contributed by atoms with Crippen molar-refractivity contribution in [2.24, 2.45) is 0 Å². The Bertz CT molecular complexity index is 811. The van der Waals surface area contributed by atoms with Gasteiger partial charge in [0, 0.05) is 17.1 Å². The van der Waals surface area contributed by atoms with Crippen molar-refractivity contribution in [3.63, 3.8) is 0 Å². The number of hydrogen-bond acceptors (Lipinski definition) is 1. The number of pyridine rings is 1. The van der Waals surface area contributed by atoms with Crippen molar-refractivity contribution in [1.29, 1.82) is 0 Å². The van der Waals surface area contributed by atoms with Crippen LogP contribution in [0, 0.1) is 0 Å². The Hall–Kier alpha value is -2.15. The van der Waals surface area contributed by atoms with Crippen molar-refractivity contribution in [1.82, 2.24) is 4.98 Å². The number of aromatic nitrogens is 1. The first-order chi connectivity index (χ1) is 11.3. The van der Waals surface area contributed by atoms with Crippen molar-refractivity contribution in [3.05, 3.63) is 65.9 Å². The number of fused-ring (bicyclic) bond motifs is 1. The van der Waals surface area contributed by atoms with Gasteiger partial charge in [-0.15, -0.1) is 0 Å². The summed E-state index contributed by atoms with van der Waals surface area (Å²) in [7, 11) is 0. The van der Waals surface area contributed by atoms with Gasteiger partial charge in [-0.2, -0.15) is 0 Å². The molecule has 2 aromatic carbocycles. The fourth-order valence-electron chi connectivity index (χ4n) is 3.83. The van der Waals surface area contributed by atoms with Crippen LogP contribution in [-0.2, 0) is 6.42 Å². The Morgan fingerprint density at radius 1 is 0.957 bits per heavy atom. The summed E-state index contributed by atoms with van der Waals surface area (Å²) in [5, 5.41) is 2.58. The highest BCUT2D eigenvalue weighted by molar-refractivity contribution is 5.95. The maximum atomic E-state index is 4.70. The largest absolute Gasteiger partial charge is 0.256 e. The van der Waals surface area contributed by atoms with Crippen molar-refractivity contribution in [2.45, 2.75) is 44.9 Å². The van der Waals surface area contributed by atoms with Crippen LogP contribution in [0.15, 0.2) is 54.7 Å². The smallest absolute Gasteiger partial charge is 0.0780 e. The van der Waals surface area contributed by atoms with Gasteiger partial charge in [0.05, 0.1) is 5.69 Å². The topological polar surface area (TPSA) is 12.9 Å². The lowest BCUT2D eigenvalue weighted by molar-refractivity contribution is 0.724. The first-order valence-electron chi connectivity index (χ1n) is 8.83. The highest BCUT2D eigenvalue weighted by Gasteiger charge is 2.17. The highest BCUT2D eigenvalue weighted by atomic mass is 14.7. The van der Waals surface area contributed by atoms with Crippen LogP contribution in [0.3, 0.4) is 0 Å². The number of hydrogen-bond donors (Lipinski definition) is 0. The van der Waals surface area contributed by atoms with Crippen LogP contribution in [0.1, 0.15) is 49.7 Å². The summed E-state index contributed by atoms with van der Waals surface area (Å²) in [5.74, 6) is 0.745. The van der Waals surface area contributed by atoms with Gasteiger partial charge in [-0.3, -0.25) is 4.98 Å². The predicted molar refractivity (Wildman–Crippen MR) is 97.8 cm³/mol. The molecule has 0 amide bonds. The molecule has 0 aliphatic heterocycles. The van der Waals surface area contributed by atoms with Crippen molar-refractivity contribution >= 4 is 10.8 Å². The van der Waals surface area contributed by atoms with Crippen LogP contribution in [-0.4, -0.2) is 4.98 Å². The summed E-state index contributed by atoms with van der Waals surface area (Å²) in [5.41, 5.74) is 5.21. The van der Waals surface area contributed by atoms with E-state index in [9.17, 15) is 0 Å². The SMILES string of the molecule is CCc1ccc(-c2nccc3ccc(C4CCCC4)cc23)cc1. The fourth-order valence-corrected chi connectivity index (χ4v) is 3.83. The Kier molecular flexibility index (Phi) is 3.87. The van der Waals surface area contributed by atoms with E-state index >= 15 is 0 Å². The molecule has 116 valence electrons. The lowest BCUT2D eigenvalue weighted by atomic mass is 9.93. The molecule has 0 atom stereocenters. The van der Waals surface area contributed by atoms with Gasteiger partial charge in [0.2, 0.25) is 0 Å². The molecule has 4 rings (SSSR count). The van der Waals surface area contributed by atoms with E-state index in [2.05, 4.69) is 55.5 Å². The summed E-state index contributed by atoms with van der Waals surface area (Å²) in [6.07, 6.45) is 8.44. The van der Waals surface area contributed by atoms with Crippen LogP contribution in [0.4, 0.5) is 0 Å². The number of nitrogens with zero attached hydrogens (tertiary/aromatic N) is 1. The summed E-state index contributed by atoms with van der Waals surface area (Å²) < 4.78 is 0. The quantitative estimate of drug-likeness (QED) is 0.567. The maximum absolute atomic E-state index is 4.70. The van der Waals surface area contributed by atoms with E-state index in [1.807, 2.05) is 6.20 Å². The Morgan fingerprint density at radius 2 is 1.74 bits per heavy atom. The molecular formula is C22H23N. The van der Waals surface area contributed by atoms with Crippen LogP contribution in [0.2, 0.25) is 0 Å².